The fourth-order valence-corrected chi connectivity index (χ4v) is 4.23. The summed E-state index contributed by atoms with van der Waals surface area (Å²) in [6.45, 7) is 4.49. The number of amides is 1. The molecule has 2 N–H and O–H groups in total. The van der Waals surface area contributed by atoms with Gasteiger partial charge in [0.15, 0.2) is 0 Å². The summed E-state index contributed by atoms with van der Waals surface area (Å²) in [5.74, 6) is 0.505. The summed E-state index contributed by atoms with van der Waals surface area (Å²) < 4.78 is 37.9. The molecular weight excluding hydrogens is 405 g/mol. The monoisotopic (exact) mass is 432 g/mol. The fourth-order valence-electron chi connectivity index (χ4n) is 3.99. The maximum absolute atomic E-state index is 12.6. The van der Waals surface area contributed by atoms with Gasteiger partial charge in [0, 0.05) is 37.8 Å². The van der Waals surface area contributed by atoms with Crippen molar-refractivity contribution >= 4 is 23.3 Å². The first-order chi connectivity index (χ1) is 13.7. The molecule has 0 aromatic carbocycles. The number of carbonyl (C=O) groups excluding carboxylic acids is 1. The van der Waals surface area contributed by atoms with Crippen molar-refractivity contribution in [3.8, 4) is 0 Å². The third kappa shape index (κ3) is 5.98. The van der Waals surface area contributed by atoms with Gasteiger partial charge in [-0.25, -0.2) is 4.98 Å². The van der Waals surface area contributed by atoms with Crippen LogP contribution in [0.25, 0.3) is 0 Å². The molecule has 0 spiro atoms. The van der Waals surface area contributed by atoms with E-state index in [1.54, 1.807) is 0 Å². The highest BCUT2D eigenvalue weighted by atomic mass is 35.5. The Balaban J connectivity index is 1.41. The maximum Gasteiger partial charge on any atom is 0.417 e. The topological polar surface area (TPSA) is 57.3 Å². The molecule has 2 fully saturated rings. The molecule has 0 unspecified atom stereocenters. The van der Waals surface area contributed by atoms with Gasteiger partial charge in [0.1, 0.15) is 5.82 Å². The molecule has 1 aromatic heterocycles. The lowest BCUT2D eigenvalue weighted by Gasteiger charge is -2.43. The van der Waals surface area contributed by atoms with Crippen molar-refractivity contribution in [2.75, 3.05) is 25.0 Å². The van der Waals surface area contributed by atoms with Crippen LogP contribution in [0.5, 0.6) is 0 Å². The molecule has 2 atom stereocenters. The average molecular weight is 433 g/mol. The molecule has 0 bridgehead atoms. The fraction of sp³-hybridized carbons (Fsp3) is 0.700. The standard InChI is InChI=1S/C20H28ClF3N4O/c1-13(14-4-3-9-28(12-14)16-5-2-6-16)27-18(29)7-8-25-19-17(21)10-15(11-26-19)20(22,23)24/h10-11,13-14,16H,2-9,12H2,1H3,(H,25,26)(H,27,29)/t13-,14+/m1/s1. The molecule has 5 nitrogen and oxygen atoms in total. The summed E-state index contributed by atoms with van der Waals surface area (Å²) in [5.41, 5.74) is -0.900. The van der Waals surface area contributed by atoms with Gasteiger partial charge < -0.3 is 15.5 Å². The molecule has 1 saturated heterocycles. The van der Waals surface area contributed by atoms with Gasteiger partial charge in [-0.3, -0.25) is 4.79 Å². The number of halogens is 4. The third-order valence-corrected chi connectivity index (χ3v) is 6.28. The van der Waals surface area contributed by atoms with Crippen LogP contribution in [0.1, 0.15) is 51.0 Å². The summed E-state index contributed by atoms with van der Waals surface area (Å²) in [6.07, 6.45) is 2.63. The van der Waals surface area contributed by atoms with Gasteiger partial charge in [0.05, 0.1) is 10.6 Å². The lowest BCUT2D eigenvalue weighted by Crippen LogP contribution is -2.50. The predicted octanol–water partition coefficient (Wildman–Crippen LogP) is 4.33. The highest BCUT2D eigenvalue weighted by Crippen LogP contribution is 2.32. The van der Waals surface area contributed by atoms with E-state index in [-0.39, 0.29) is 35.8 Å². The first-order valence-corrected chi connectivity index (χ1v) is 10.6. The van der Waals surface area contributed by atoms with E-state index in [1.165, 1.54) is 25.7 Å². The van der Waals surface area contributed by atoms with E-state index in [1.807, 2.05) is 0 Å². The van der Waals surface area contributed by atoms with Gasteiger partial charge in [-0.2, -0.15) is 13.2 Å². The molecule has 1 amide bonds. The first-order valence-electron chi connectivity index (χ1n) is 10.2. The van der Waals surface area contributed by atoms with E-state index < -0.39 is 11.7 Å². The maximum atomic E-state index is 12.6. The average Bonchev–Trinajstić information content (AvgIpc) is 2.61. The Labute approximate surface area is 174 Å². The Kier molecular flexibility index (Phi) is 7.27. The zero-order valence-electron chi connectivity index (χ0n) is 16.6. The largest absolute Gasteiger partial charge is 0.417 e. The summed E-state index contributed by atoms with van der Waals surface area (Å²) in [6, 6.07) is 1.65. The van der Waals surface area contributed by atoms with Crippen molar-refractivity contribution in [1.29, 1.82) is 0 Å². The second-order valence-electron chi connectivity index (χ2n) is 8.07. The minimum atomic E-state index is -4.49. The Bertz CT molecular complexity index is 711. The van der Waals surface area contributed by atoms with Crippen LogP contribution in [0.3, 0.4) is 0 Å². The Morgan fingerprint density at radius 3 is 2.72 bits per heavy atom. The smallest absolute Gasteiger partial charge is 0.368 e. The van der Waals surface area contributed by atoms with E-state index in [0.717, 1.165) is 37.8 Å². The molecule has 29 heavy (non-hydrogen) atoms. The van der Waals surface area contributed by atoms with Gasteiger partial charge in [-0.1, -0.05) is 18.0 Å². The molecule has 1 aliphatic carbocycles. The van der Waals surface area contributed by atoms with Crippen LogP contribution in [0.15, 0.2) is 12.3 Å². The molecule has 3 rings (SSSR count). The van der Waals surface area contributed by atoms with Crippen molar-refractivity contribution < 1.29 is 18.0 Å². The number of alkyl halides is 3. The Hall–Kier alpha value is -1.54. The van der Waals surface area contributed by atoms with Gasteiger partial charge in [0.2, 0.25) is 5.91 Å². The number of carbonyl (C=O) groups is 1. The molecular formula is C20H28ClF3N4O. The number of likely N-dealkylation sites (tertiary alicyclic amines) is 1. The van der Waals surface area contributed by atoms with Gasteiger partial charge in [-0.15, -0.1) is 0 Å². The first kappa shape index (κ1) is 22.2. The molecule has 2 aliphatic rings. The number of piperidine rings is 1. The molecule has 9 heteroatoms. The summed E-state index contributed by atoms with van der Waals surface area (Å²) in [5, 5.41) is 5.78. The summed E-state index contributed by atoms with van der Waals surface area (Å²) in [4.78, 5) is 18.6. The van der Waals surface area contributed by atoms with Crippen LogP contribution in [-0.2, 0) is 11.0 Å². The summed E-state index contributed by atoms with van der Waals surface area (Å²) in [7, 11) is 0. The molecule has 1 saturated carbocycles. The van der Waals surface area contributed by atoms with Crippen LogP contribution in [0.2, 0.25) is 5.02 Å². The minimum absolute atomic E-state index is 0.0891. The van der Waals surface area contributed by atoms with E-state index in [4.69, 9.17) is 11.6 Å². The lowest BCUT2D eigenvalue weighted by molar-refractivity contribution is -0.137. The van der Waals surface area contributed by atoms with Crippen LogP contribution < -0.4 is 10.6 Å². The number of anilines is 1. The number of nitrogens with zero attached hydrogens (tertiary/aromatic N) is 2. The van der Waals surface area contributed by atoms with Crippen LogP contribution in [0.4, 0.5) is 19.0 Å². The van der Waals surface area contributed by atoms with Gasteiger partial charge in [0.25, 0.3) is 0 Å². The normalized spacial score (nSPS) is 22.0. The molecule has 1 aliphatic heterocycles. The minimum Gasteiger partial charge on any atom is -0.368 e. The van der Waals surface area contributed by atoms with Crippen LogP contribution in [0, 0.1) is 5.92 Å². The zero-order chi connectivity index (χ0) is 21.0. The van der Waals surface area contributed by atoms with Gasteiger partial charge in [-0.05, 0) is 51.1 Å². The van der Waals surface area contributed by atoms with Gasteiger partial charge >= 0.3 is 6.18 Å². The molecule has 2 heterocycles. The number of hydrogen-bond acceptors (Lipinski definition) is 4. The highest BCUT2D eigenvalue weighted by molar-refractivity contribution is 6.32. The van der Waals surface area contributed by atoms with E-state index in [0.29, 0.717) is 5.92 Å². The third-order valence-electron chi connectivity index (χ3n) is 5.99. The predicted molar refractivity (Wildman–Crippen MR) is 107 cm³/mol. The SMILES string of the molecule is C[C@@H](NC(=O)CCNc1ncc(C(F)(F)F)cc1Cl)[C@H]1CCCN(C2CCC2)C1. The molecule has 162 valence electrons. The molecule has 0 radical (unpaired) electrons. The van der Waals surface area contributed by atoms with Crippen LogP contribution >= 0.6 is 11.6 Å². The van der Waals surface area contributed by atoms with Crippen molar-refractivity contribution in [2.45, 2.75) is 63.7 Å². The quantitative estimate of drug-likeness (QED) is 0.673. The van der Waals surface area contributed by atoms with Crippen molar-refractivity contribution in [3.63, 3.8) is 0 Å². The Morgan fingerprint density at radius 2 is 2.10 bits per heavy atom. The van der Waals surface area contributed by atoms with Crippen molar-refractivity contribution in [1.82, 2.24) is 15.2 Å². The second kappa shape index (κ2) is 9.51. The number of aromatic nitrogens is 1. The van der Waals surface area contributed by atoms with Crippen molar-refractivity contribution in [2.24, 2.45) is 5.92 Å². The van der Waals surface area contributed by atoms with Crippen molar-refractivity contribution in [3.05, 3.63) is 22.8 Å². The molecule has 1 aromatic rings. The number of hydrogen-bond donors (Lipinski definition) is 2. The van der Waals surface area contributed by atoms with Crippen LogP contribution in [-0.4, -0.2) is 47.5 Å². The second-order valence-corrected chi connectivity index (χ2v) is 8.47. The number of pyridine rings is 1. The number of rotatable bonds is 7. The number of nitrogens with one attached hydrogen (secondary N) is 2. The van der Waals surface area contributed by atoms with E-state index in [9.17, 15) is 18.0 Å². The van der Waals surface area contributed by atoms with E-state index >= 15 is 0 Å². The highest BCUT2D eigenvalue weighted by Gasteiger charge is 2.32. The summed E-state index contributed by atoms with van der Waals surface area (Å²) >= 11 is 5.86. The lowest BCUT2D eigenvalue weighted by atomic mass is 9.85. The zero-order valence-corrected chi connectivity index (χ0v) is 17.3. The van der Waals surface area contributed by atoms with E-state index in [2.05, 4.69) is 27.4 Å². The Morgan fingerprint density at radius 1 is 1.34 bits per heavy atom.